The Kier molecular flexibility index (Phi) is 4.58. The van der Waals surface area contributed by atoms with Crippen LogP contribution in [0.25, 0.3) is 0 Å². The van der Waals surface area contributed by atoms with Crippen molar-refractivity contribution in [2.45, 2.75) is 31.6 Å². The second-order valence-electron chi connectivity index (χ2n) is 4.94. The predicted molar refractivity (Wildman–Crippen MR) is 76.2 cm³/mol. The van der Waals surface area contributed by atoms with Crippen LogP contribution in [-0.4, -0.2) is 13.6 Å². The molecule has 0 amide bonds. The Hall–Kier alpha value is -0.400. The summed E-state index contributed by atoms with van der Waals surface area (Å²) in [4.78, 5) is 2.31. The first-order valence-electron chi connectivity index (χ1n) is 6.26. The molecule has 0 bridgehead atoms. The Morgan fingerprint density at radius 1 is 1.29 bits per heavy atom. The fourth-order valence-electron chi connectivity index (χ4n) is 2.57. The number of anilines is 1. The highest BCUT2D eigenvalue weighted by Gasteiger charge is 2.17. The van der Waals surface area contributed by atoms with E-state index in [1.54, 1.807) is 0 Å². The maximum absolute atomic E-state index is 6.18. The minimum absolute atomic E-state index is 0.478. The maximum atomic E-state index is 6.18. The van der Waals surface area contributed by atoms with Crippen LogP contribution in [0.15, 0.2) is 18.2 Å². The first-order valence-corrected chi connectivity index (χ1v) is 7.17. The Morgan fingerprint density at radius 2 is 2.00 bits per heavy atom. The van der Waals surface area contributed by atoms with Gasteiger partial charge in [-0.05, 0) is 36.5 Å². The van der Waals surface area contributed by atoms with E-state index in [9.17, 15) is 0 Å². The van der Waals surface area contributed by atoms with Gasteiger partial charge in [-0.15, -0.1) is 11.6 Å². The SMILES string of the molecule is CN(CC1CCCC1)c1ccc(CCl)c(Cl)c1. The number of benzene rings is 1. The third-order valence-corrected chi connectivity index (χ3v) is 4.27. The second-order valence-corrected chi connectivity index (χ2v) is 5.61. The van der Waals surface area contributed by atoms with E-state index in [0.717, 1.165) is 23.0 Å². The smallest absolute Gasteiger partial charge is 0.0488 e. The minimum atomic E-state index is 0.478. The molecule has 0 N–H and O–H groups in total. The van der Waals surface area contributed by atoms with Gasteiger partial charge in [0.1, 0.15) is 0 Å². The molecular formula is C14H19Cl2N. The zero-order chi connectivity index (χ0) is 12.3. The molecule has 0 heterocycles. The van der Waals surface area contributed by atoms with E-state index in [0.29, 0.717) is 5.88 Å². The molecule has 0 spiro atoms. The summed E-state index contributed by atoms with van der Waals surface area (Å²) in [6, 6.07) is 6.16. The second kappa shape index (κ2) is 5.97. The van der Waals surface area contributed by atoms with Crippen LogP contribution in [0.1, 0.15) is 31.2 Å². The molecule has 1 nitrogen and oxygen atoms in total. The first-order chi connectivity index (χ1) is 8.20. The number of hydrogen-bond acceptors (Lipinski definition) is 1. The highest BCUT2D eigenvalue weighted by atomic mass is 35.5. The van der Waals surface area contributed by atoms with Gasteiger partial charge in [-0.3, -0.25) is 0 Å². The highest BCUT2D eigenvalue weighted by Crippen LogP contribution is 2.29. The van der Waals surface area contributed by atoms with Gasteiger partial charge in [0.05, 0.1) is 0 Å². The summed E-state index contributed by atoms with van der Waals surface area (Å²) in [5.41, 5.74) is 2.20. The largest absolute Gasteiger partial charge is 0.374 e. The lowest BCUT2D eigenvalue weighted by Gasteiger charge is -2.23. The van der Waals surface area contributed by atoms with Crippen molar-refractivity contribution in [3.63, 3.8) is 0 Å². The number of alkyl halides is 1. The van der Waals surface area contributed by atoms with E-state index in [-0.39, 0.29) is 0 Å². The summed E-state index contributed by atoms with van der Waals surface area (Å²) in [6.07, 6.45) is 5.53. The van der Waals surface area contributed by atoms with Gasteiger partial charge in [0.25, 0.3) is 0 Å². The number of halogens is 2. The Bertz CT molecular complexity index is 372. The van der Waals surface area contributed by atoms with E-state index in [1.807, 2.05) is 12.1 Å². The Labute approximate surface area is 114 Å². The van der Waals surface area contributed by atoms with Crippen LogP contribution < -0.4 is 4.90 Å². The molecule has 1 aromatic carbocycles. The molecule has 1 saturated carbocycles. The van der Waals surface area contributed by atoms with Gasteiger partial charge in [-0.2, -0.15) is 0 Å². The van der Waals surface area contributed by atoms with Crippen molar-refractivity contribution < 1.29 is 0 Å². The molecule has 17 heavy (non-hydrogen) atoms. The van der Waals surface area contributed by atoms with Crippen LogP contribution >= 0.6 is 23.2 Å². The van der Waals surface area contributed by atoms with E-state index in [2.05, 4.69) is 18.0 Å². The van der Waals surface area contributed by atoms with Gasteiger partial charge < -0.3 is 4.90 Å². The maximum Gasteiger partial charge on any atom is 0.0488 e. The molecule has 94 valence electrons. The van der Waals surface area contributed by atoms with Gasteiger partial charge in [-0.25, -0.2) is 0 Å². The lowest BCUT2D eigenvalue weighted by atomic mass is 10.1. The highest BCUT2D eigenvalue weighted by molar-refractivity contribution is 6.32. The van der Waals surface area contributed by atoms with E-state index >= 15 is 0 Å². The fraction of sp³-hybridized carbons (Fsp3) is 0.571. The van der Waals surface area contributed by atoms with Crippen molar-refractivity contribution in [1.29, 1.82) is 0 Å². The van der Waals surface area contributed by atoms with Gasteiger partial charge >= 0.3 is 0 Å². The average molecular weight is 272 g/mol. The number of nitrogens with zero attached hydrogens (tertiary/aromatic N) is 1. The summed E-state index contributed by atoms with van der Waals surface area (Å²) in [7, 11) is 2.14. The summed E-state index contributed by atoms with van der Waals surface area (Å²) < 4.78 is 0. The molecule has 0 unspecified atom stereocenters. The van der Waals surface area contributed by atoms with Crippen molar-refractivity contribution in [1.82, 2.24) is 0 Å². The lowest BCUT2D eigenvalue weighted by molar-refractivity contribution is 0.547. The van der Waals surface area contributed by atoms with Gasteiger partial charge in [-0.1, -0.05) is 30.5 Å². The molecular weight excluding hydrogens is 253 g/mol. The topological polar surface area (TPSA) is 3.24 Å². The molecule has 1 aromatic rings. The number of rotatable bonds is 4. The van der Waals surface area contributed by atoms with Crippen molar-refractivity contribution in [3.8, 4) is 0 Å². The van der Waals surface area contributed by atoms with Crippen LogP contribution in [0.2, 0.25) is 5.02 Å². The van der Waals surface area contributed by atoms with E-state index in [1.165, 1.54) is 31.4 Å². The zero-order valence-corrected chi connectivity index (χ0v) is 11.8. The number of hydrogen-bond donors (Lipinski definition) is 0. The molecule has 3 heteroatoms. The molecule has 0 aliphatic heterocycles. The lowest BCUT2D eigenvalue weighted by Crippen LogP contribution is -2.23. The van der Waals surface area contributed by atoms with Crippen LogP contribution in [-0.2, 0) is 5.88 Å². The molecule has 0 radical (unpaired) electrons. The van der Waals surface area contributed by atoms with Crippen LogP contribution in [0.5, 0.6) is 0 Å². The Morgan fingerprint density at radius 3 is 2.59 bits per heavy atom. The molecule has 1 aliphatic rings. The third kappa shape index (κ3) is 3.29. The molecule has 0 atom stereocenters. The summed E-state index contributed by atoms with van der Waals surface area (Å²) in [5, 5.41) is 0.774. The fourth-order valence-corrected chi connectivity index (χ4v) is 3.11. The first kappa shape index (κ1) is 13.0. The third-order valence-electron chi connectivity index (χ3n) is 3.63. The van der Waals surface area contributed by atoms with Gasteiger partial charge in [0, 0.05) is 30.2 Å². The van der Waals surface area contributed by atoms with Gasteiger partial charge in [0.15, 0.2) is 0 Å². The van der Waals surface area contributed by atoms with E-state index in [4.69, 9.17) is 23.2 Å². The summed E-state index contributed by atoms with van der Waals surface area (Å²) >= 11 is 12.0. The average Bonchev–Trinajstić information content (AvgIpc) is 2.81. The minimum Gasteiger partial charge on any atom is -0.374 e. The summed E-state index contributed by atoms with van der Waals surface area (Å²) in [5.74, 6) is 1.33. The van der Waals surface area contributed by atoms with Crippen LogP contribution in [0.4, 0.5) is 5.69 Å². The van der Waals surface area contributed by atoms with Crippen molar-refractivity contribution in [2.24, 2.45) is 5.92 Å². The summed E-state index contributed by atoms with van der Waals surface area (Å²) in [6.45, 7) is 1.14. The normalized spacial score (nSPS) is 16.4. The molecule has 2 rings (SSSR count). The zero-order valence-electron chi connectivity index (χ0n) is 10.3. The van der Waals surface area contributed by atoms with Crippen molar-refractivity contribution >= 4 is 28.9 Å². The van der Waals surface area contributed by atoms with Crippen LogP contribution in [0.3, 0.4) is 0 Å². The van der Waals surface area contributed by atoms with Crippen LogP contribution in [0, 0.1) is 5.92 Å². The quantitative estimate of drug-likeness (QED) is 0.718. The molecule has 0 saturated heterocycles. The predicted octanol–water partition coefficient (Wildman–Crippen LogP) is 4.71. The molecule has 1 fully saturated rings. The monoisotopic (exact) mass is 271 g/mol. The standard InChI is InChI=1S/C14H19Cl2N/c1-17(10-11-4-2-3-5-11)13-7-6-12(9-15)14(16)8-13/h6-8,11H,2-5,9-10H2,1H3. The van der Waals surface area contributed by atoms with Gasteiger partial charge in [0.2, 0.25) is 0 Å². The van der Waals surface area contributed by atoms with E-state index < -0.39 is 0 Å². The Balaban J connectivity index is 2.02. The van der Waals surface area contributed by atoms with Crippen molar-refractivity contribution in [2.75, 3.05) is 18.5 Å². The molecule has 1 aliphatic carbocycles. The molecule has 0 aromatic heterocycles. The van der Waals surface area contributed by atoms with Crippen molar-refractivity contribution in [3.05, 3.63) is 28.8 Å².